The van der Waals surface area contributed by atoms with Crippen LogP contribution in [0.4, 0.5) is 11.5 Å². The summed E-state index contributed by atoms with van der Waals surface area (Å²) in [5.41, 5.74) is 4.40. The number of furan rings is 1. The molecule has 1 amide bonds. The number of hydrogen-bond acceptors (Lipinski definition) is 8. The molecule has 0 unspecified atom stereocenters. The Balaban J connectivity index is 2.01. The van der Waals surface area contributed by atoms with Crippen LogP contribution in [0.5, 0.6) is 0 Å². The van der Waals surface area contributed by atoms with Crippen LogP contribution in [-0.2, 0) is 21.3 Å². The lowest BCUT2D eigenvalue weighted by atomic mass is 10.2. The third-order valence-corrected chi connectivity index (χ3v) is 7.27. The predicted octanol–water partition coefficient (Wildman–Crippen LogP) is 0.836. The summed E-state index contributed by atoms with van der Waals surface area (Å²) < 4.78 is 38.8. The number of carbonyl (C=O) groups excluding carboxylic acids is 1. The number of sulfonamides is 1. The van der Waals surface area contributed by atoms with Crippen LogP contribution in [0.2, 0.25) is 0 Å². The van der Waals surface area contributed by atoms with E-state index in [1.54, 1.807) is 0 Å². The fraction of sp³-hybridized carbons (Fsp3) is 0.571. The average Bonchev–Trinajstić information content (AvgIpc) is 3.30. The molecule has 2 aromatic heterocycles. The third-order valence-electron chi connectivity index (χ3n) is 5.50. The lowest BCUT2D eigenvalue weighted by molar-refractivity contribution is 0.0943. The van der Waals surface area contributed by atoms with Crippen molar-refractivity contribution in [2.45, 2.75) is 44.7 Å². The minimum Gasteiger partial charge on any atom is -0.438 e. The molecule has 188 valence electrons. The maximum absolute atomic E-state index is 13.4. The molecule has 0 aromatic carbocycles. The van der Waals surface area contributed by atoms with Crippen molar-refractivity contribution < 1.29 is 22.4 Å². The SMILES string of the molecule is COCCN(C(=O)c1ccc(S(=O)(=O)N2CCCCC2)o1)c1c(N)n(CC(C)C)c(=O)[nH]c1=O. The molecule has 1 aliphatic rings. The van der Waals surface area contributed by atoms with Gasteiger partial charge in [0, 0.05) is 26.7 Å². The molecule has 3 rings (SSSR count). The molecule has 2 aromatic rings. The first-order valence-electron chi connectivity index (χ1n) is 11.1. The number of piperidine rings is 1. The molecule has 34 heavy (non-hydrogen) atoms. The number of nitrogens with one attached hydrogen (secondary N) is 1. The Kier molecular flexibility index (Phi) is 8.00. The highest BCUT2D eigenvalue weighted by atomic mass is 32.2. The smallest absolute Gasteiger partial charge is 0.330 e. The number of nitrogens with two attached hydrogens (primary N) is 1. The number of aromatic nitrogens is 2. The molecule has 0 saturated carbocycles. The van der Waals surface area contributed by atoms with Gasteiger partial charge in [0.1, 0.15) is 5.82 Å². The summed E-state index contributed by atoms with van der Waals surface area (Å²) in [7, 11) is -2.47. The van der Waals surface area contributed by atoms with Crippen molar-refractivity contribution in [3.05, 3.63) is 38.7 Å². The molecule has 1 saturated heterocycles. The van der Waals surface area contributed by atoms with Crippen molar-refractivity contribution in [3.63, 3.8) is 0 Å². The van der Waals surface area contributed by atoms with Crippen molar-refractivity contribution in [2.75, 3.05) is 44.0 Å². The van der Waals surface area contributed by atoms with Gasteiger partial charge in [-0.15, -0.1) is 0 Å². The topological polar surface area (TPSA) is 161 Å². The second-order valence-electron chi connectivity index (χ2n) is 8.53. The normalized spacial score (nSPS) is 15.1. The molecule has 0 bridgehead atoms. The summed E-state index contributed by atoms with van der Waals surface area (Å²) >= 11 is 0. The van der Waals surface area contributed by atoms with Crippen molar-refractivity contribution in [2.24, 2.45) is 5.92 Å². The second-order valence-corrected chi connectivity index (χ2v) is 10.4. The summed E-state index contributed by atoms with van der Waals surface area (Å²) in [5, 5.41) is -0.351. The van der Waals surface area contributed by atoms with E-state index >= 15 is 0 Å². The summed E-state index contributed by atoms with van der Waals surface area (Å²) in [6.45, 7) is 4.70. The lowest BCUT2D eigenvalue weighted by Crippen LogP contribution is -2.42. The van der Waals surface area contributed by atoms with Gasteiger partial charge in [0.25, 0.3) is 21.5 Å². The Morgan fingerprint density at radius 2 is 1.91 bits per heavy atom. The van der Waals surface area contributed by atoms with Crippen LogP contribution in [0, 0.1) is 5.92 Å². The average molecular weight is 498 g/mol. The molecule has 1 aliphatic heterocycles. The summed E-state index contributed by atoms with van der Waals surface area (Å²) in [6.07, 6.45) is 2.46. The van der Waals surface area contributed by atoms with Crippen LogP contribution in [0.1, 0.15) is 43.7 Å². The number of nitrogen functional groups attached to an aromatic ring is 1. The summed E-state index contributed by atoms with van der Waals surface area (Å²) in [5.74, 6) is -1.22. The number of hydrogen-bond donors (Lipinski definition) is 2. The maximum Gasteiger partial charge on any atom is 0.330 e. The number of ether oxygens (including phenoxy) is 1. The number of nitrogens with zero attached hydrogens (tertiary/aromatic N) is 3. The van der Waals surface area contributed by atoms with E-state index in [4.69, 9.17) is 14.9 Å². The summed E-state index contributed by atoms with van der Waals surface area (Å²) in [6, 6.07) is 2.46. The van der Waals surface area contributed by atoms with Crippen LogP contribution in [0.25, 0.3) is 0 Å². The Hall–Kier alpha value is -2.90. The number of rotatable bonds is 9. The Morgan fingerprint density at radius 3 is 2.53 bits per heavy atom. The minimum atomic E-state index is -3.89. The first-order valence-corrected chi connectivity index (χ1v) is 12.5. The highest BCUT2D eigenvalue weighted by Gasteiger charge is 2.32. The number of methoxy groups -OCH3 is 1. The Bertz CT molecular complexity index is 1240. The number of aromatic amines is 1. The van der Waals surface area contributed by atoms with Crippen LogP contribution in [-0.4, -0.2) is 61.5 Å². The van der Waals surface area contributed by atoms with E-state index < -0.39 is 27.2 Å². The van der Waals surface area contributed by atoms with Gasteiger partial charge in [-0.05, 0) is 30.9 Å². The van der Waals surface area contributed by atoms with Gasteiger partial charge in [0.2, 0.25) is 5.09 Å². The van der Waals surface area contributed by atoms with Gasteiger partial charge in [-0.3, -0.25) is 24.0 Å². The van der Waals surface area contributed by atoms with Crippen LogP contribution in [0.3, 0.4) is 0 Å². The largest absolute Gasteiger partial charge is 0.438 e. The van der Waals surface area contributed by atoms with Crippen molar-refractivity contribution in [1.29, 1.82) is 0 Å². The van der Waals surface area contributed by atoms with Gasteiger partial charge in [-0.25, -0.2) is 13.2 Å². The number of amides is 1. The van der Waals surface area contributed by atoms with Gasteiger partial charge in [-0.2, -0.15) is 4.31 Å². The zero-order valence-electron chi connectivity index (χ0n) is 19.6. The van der Waals surface area contributed by atoms with Crippen molar-refractivity contribution >= 4 is 27.4 Å². The van der Waals surface area contributed by atoms with Crippen LogP contribution in [0.15, 0.2) is 31.2 Å². The molecule has 12 nitrogen and oxygen atoms in total. The number of carbonyl (C=O) groups is 1. The number of H-pyrrole nitrogens is 1. The standard InChI is InChI=1S/C21H31N5O7S/c1-14(2)13-26-18(22)17(19(27)23-21(26)29)25(11-12-32-3)20(28)15-7-8-16(33-15)34(30,31)24-9-5-4-6-10-24/h7-8,14H,4-6,9-13,22H2,1-3H3,(H,23,27,29). The molecule has 0 radical (unpaired) electrons. The van der Waals surface area contributed by atoms with E-state index in [9.17, 15) is 22.8 Å². The molecular weight excluding hydrogens is 466 g/mol. The first-order chi connectivity index (χ1) is 16.1. The highest BCUT2D eigenvalue weighted by molar-refractivity contribution is 7.89. The summed E-state index contributed by atoms with van der Waals surface area (Å²) in [4.78, 5) is 41.6. The molecular formula is C21H31N5O7S. The minimum absolute atomic E-state index is 0.0366. The quantitative estimate of drug-likeness (QED) is 0.515. The highest BCUT2D eigenvalue weighted by Crippen LogP contribution is 2.25. The zero-order valence-corrected chi connectivity index (χ0v) is 20.4. The predicted molar refractivity (Wildman–Crippen MR) is 125 cm³/mol. The zero-order chi connectivity index (χ0) is 25.0. The van der Waals surface area contributed by atoms with E-state index in [0.29, 0.717) is 13.1 Å². The number of anilines is 2. The molecule has 3 N–H and O–H groups in total. The van der Waals surface area contributed by atoms with Gasteiger partial charge < -0.3 is 14.9 Å². The van der Waals surface area contributed by atoms with Gasteiger partial charge in [-0.1, -0.05) is 20.3 Å². The maximum atomic E-state index is 13.4. The first kappa shape index (κ1) is 25.7. The molecule has 1 fully saturated rings. The van der Waals surface area contributed by atoms with E-state index in [1.165, 1.54) is 28.1 Å². The second kappa shape index (κ2) is 10.6. The van der Waals surface area contributed by atoms with Crippen LogP contribution >= 0.6 is 0 Å². The third kappa shape index (κ3) is 5.26. The van der Waals surface area contributed by atoms with E-state index in [0.717, 1.165) is 24.2 Å². The molecule has 0 aliphatic carbocycles. The fourth-order valence-electron chi connectivity index (χ4n) is 3.82. The van der Waals surface area contributed by atoms with Gasteiger partial charge >= 0.3 is 5.69 Å². The Morgan fingerprint density at radius 1 is 1.24 bits per heavy atom. The van der Waals surface area contributed by atoms with Gasteiger partial charge in [0.05, 0.1) is 13.2 Å². The lowest BCUT2D eigenvalue weighted by Gasteiger charge is -2.25. The van der Waals surface area contributed by atoms with E-state index in [-0.39, 0.29) is 48.0 Å². The molecule has 0 spiro atoms. The molecule has 0 atom stereocenters. The molecule has 3 heterocycles. The molecule has 13 heteroatoms. The van der Waals surface area contributed by atoms with Crippen molar-refractivity contribution in [3.8, 4) is 0 Å². The van der Waals surface area contributed by atoms with Crippen molar-refractivity contribution in [1.82, 2.24) is 13.9 Å². The van der Waals surface area contributed by atoms with E-state index in [2.05, 4.69) is 4.98 Å². The van der Waals surface area contributed by atoms with Crippen LogP contribution < -0.4 is 21.9 Å². The van der Waals surface area contributed by atoms with E-state index in [1.807, 2.05) is 13.8 Å². The van der Waals surface area contributed by atoms with Gasteiger partial charge in [0.15, 0.2) is 11.4 Å². The monoisotopic (exact) mass is 497 g/mol. The Labute approximate surface area is 197 Å². The fourth-order valence-corrected chi connectivity index (χ4v) is 5.25.